The maximum absolute atomic E-state index is 5.28. The van der Waals surface area contributed by atoms with E-state index in [4.69, 9.17) is 4.74 Å². The van der Waals surface area contributed by atoms with Crippen LogP contribution < -0.4 is 5.32 Å². The highest BCUT2D eigenvalue weighted by Gasteiger charge is 2.24. The average molecular weight is 292 g/mol. The summed E-state index contributed by atoms with van der Waals surface area (Å²) in [5.41, 5.74) is 2.65. The molecule has 0 fully saturated rings. The van der Waals surface area contributed by atoms with Gasteiger partial charge in [0.15, 0.2) is 0 Å². The number of methoxy groups -OCH3 is 1. The molecule has 2 atom stereocenters. The molecule has 0 spiro atoms. The third-order valence-electron chi connectivity index (χ3n) is 3.99. The van der Waals surface area contributed by atoms with Crippen LogP contribution in [0.4, 0.5) is 0 Å². The highest BCUT2D eigenvalue weighted by atomic mass is 16.5. The molecule has 0 saturated heterocycles. The van der Waals surface area contributed by atoms with Crippen molar-refractivity contribution in [2.24, 2.45) is 5.92 Å². The van der Waals surface area contributed by atoms with Gasteiger partial charge in [-0.3, -0.25) is 4.90 Å². The van der Waals surface area contributed by atoms with E-state index in [1.54, 1.807) is 7.11 Å². The van der Waals surface area contributed by atoms with Crippen molar-refractivity contribution >= 4 is 0 Å². The minimum absolute atomic E-state index is 0.334. The Kier molecular flexibility index (Phi) is 7.94. The molecule has 2 unspecified atom stereocenters. The summed E-state index contributed by atoms with van der Waals surface area (Å²) in [7, 11) is 3.82. The lowest BCUT2D eigenvalue weighted by Gasteiger charge is -2.36. The van der Waals surface area contributed by atoms with Gasteiger partial charge in [-0.2, -0.15) is 0 Å². The van der Waals surface area contributed by atoms with E-state index in [-0.39, 0.29) is 0 Å². The molecule has 0 aliphatic carbocycles. The van der Waals surface area contributed by atoms with E-state index in [2.05, 4.69) is 62.2 Å². The molecule has 1 N–H and O–H groups in total. The number of hydrogen-bond donors (Lipinski definition) is 1. The van der Waals surface area contributed by atoms with Crippen LogP contribution in [-0.4, -0.2) is 44.8 Å². The molecular formula is C18H32N2O. The quantitative estimate of drug-likeness (QED) is 0.756. The maximum atomic E-state index is 5.28. The van der Waals surface area contributed by atoms with Crippen LogP contribution in [0.1, 0.15) is 37.9 Å². The predicted octanol–water partition coefficient (Wildman–Crippen LogP) is 3.25. The number of nitrogens with zero attached hydrogens (tertiary/aromatic N) is 1. The second-order valence-electron chi connectivity index (χ2n) is 6.30. The van der Waals surface area contributed by atoms with Crippen molar-refractivity contribution in [3.63, 3.8) is 0 Å². The number of ether oxygens (including phenoxy) is 1. The number of hydrogen-bond acceptors (Lipinski definition) is 3. The zero-order valence-corrected chi connectivity index (χ0v) is 14.5. The lowest BCUT2D eigenvalue weighted by atomic mass is 9.97. The van der Waals surface area contributed by atoms with Gasteiger partial charge >= 0.3 is 0 Å². The number of nitrogens with one attached hydrogen (secondary N) is 1. The first-order valence-electron chi connectivity index (χ1n) is 7.96. The van der Waals surface area contributed by atoms with Gasteiger partial charge < -0.3 is 10.1 Å². The Morgan fingerprint density at radius 1 is 1.14 bits per heavy atom. The molecule has 0 bridgehead atoms. The van der Waals surface area contributed by atoms with Gasteiger partial charge in [-0.25, -0.2) is 0 Å². The van der Waals surface area contributed by atoms with Gasteiger partial charge in [-0.05, 0) is 32.4 Å². The Hall–Kier alpha value is -0.900. The Labute approximate surface area is 130 Å². The number of rotatable bonds is 9. The fourth-order valence-corrected chi connectivity index (χ4v) is 2.81. The molecule has 120 valence electrons. The standard InChI is InChI=1S/C18H32N2O/c1-14(2)13-20(11-12-21-6)16(4)18(19-5)17-9-7-15(3)8-10-17/h7-10,14,16,18-19H,11-13H2,1-6H3. The highest BCUT2D eigenvalue weighted by molar-refractivity contribution is 5.25. The first kappa shape index (κ1) is 18.1. The normalized spacial score (nSPS) is 14.7. The van der Waals surface area contributed by atoms with Crippen LogP contribution in [0.25, 0.3) is 0 Å². The van der Waals surface area contributed by atoms with Gasteiger partial charge in [0.05, 0.1) is 6.61 Å². The van der Waals surface area contributed by atoms with Crippen molar-refractivity contribution in [3.8, 4) is 0 Å². The second kappa shape index (κ2) is 9.19. The molecule has 1 rings (SSSR count). The lowest BCUT2D eigenvalue weighted by molar-refractivity contribution is 0.100. The molecular weight excluding hydrogens is 260 g/mol. The molecule has 0 saturated carbocycles. The van der Waals surface area contributed by atoms with Crippen LogP contribution in [0.5, 0.6) is 0 Å². The molecule has 1 aromatic carbocycles. The Morgan fingerprint density at radius 2 is 1.76 bits per heavy atom. The lowest BCUT2D eigenvalue weighted by Crippen LogP contribution is -2.45. The summed E-state index contributed by atoms with van der Waals surface area (Å²) in [6.07, 6.45) is 0. The van der Waals surface area contributed by atoms with Gasteiger partial charge in [0.1, 0.15) is 0 Å². The van der Waals surface area contributed by atoms with Crippen LogP contribution in [0.2, 0.25) is 0 Å². The summed E-state index contributed by atoms with van der Waals surface area (Å²) < 4.78 is 5.28. The van der Waals surface area contributed by atoms with E-state index in [1.165, 1.54) is 11.1 Å². The van der Waals surface area contributed by atoms with E-state index in [9.17, 15) is 0 Å². The molecule has 21 heavy (non-hydrogen) atoms. The molecule has 1 aromatic rings. The molecule has 0 amide bonds. The second-order valence-corrected chi connectivity index (χ2v) is 6.30. The van der Waals surface area contributed by atoms with Crippen molar-refractivity contribution < 1.29 is 4.74 Å². The number of likely N-dealkylation sites (N-methyl/N-ethyl adjacent to an activating group) is 1. The minimum Gasteiger partial charge on any atom is -0.383 e. The summed E-state index contributed by atoms with van der Waals surface area (Å²) in [5, 5.41) is 3.49. The first-order chi connectivity index (χ1) is 9.99. The molecule has 3 heteroatoms. The van der Waals surface area contributed by atoms with Crippen molar-refractivity contribution in [2.75, 3.05) is 33.9 Å². The molecule has 0 radical (unpaired) electrons. The third-order valence-corrected chi connectivity index (χ3v) is 3.99. The van der Waals surface area contributed by atoms with Crippen LogP contribution >= 0.6 is 0 Å². The van der Waals surface area contributed by atoms with Crippen molar-refractivity contribution in [2.45, 2.75) is 39.8 Å². The topological polar surface area (TPSA) is 24.5 Å². The van der Waals surface area contributed by atoms with E-state index in [0.717, 1.165) is 19.7 Å². The first-order valence-corrected chi connectivity index (χ1v) is 7.96. The van der Waals surface area contributed by atoms with E-state index < -0.39 is 0 Å². The van der Waals surface area contributed by atoms with Crippen molar-refractivity contribution in [1.82, 2.24) is 10.2 Å². The fourth-order valence-electron chi connectivity index (χ4n) is 2.81. The molecule has 0 aliphatic heterocycles. The Balaban J connectivity index is 2.86. The maximum Gasteiger partial charge on any atom is 0.0589 e. The van der Waals surface area contributed by atoms with Gasteiger partial charge in [0.2, 0.25) is 0 Å². The van der Waals surface area contributed by atoms with Crippen molar-refractivity contribution in [3.05, 3.63) is 35.4 Å². The van der Waals surface area contributed by atoms with Gasteiger partial charge in [0.25, 0.3) is 0 Å². The van der Waals surface area contributed by atoms with Crippen LogP contribution in [0.3, 0.4) is 0 Å². The zero-order valence-electron chi connectivity index (χ0n) is 14.5. The van der Waals surface area contributed by atoms with Gasteiger partial charge in [-0.15, -0.1) is 0 Å². The van der Waals surface area contributed by atoms with Crippen LogP contribution in [0.15, 0.2) is 24.3 Å². The number of aryl methyl sites for hydroxylation is 1. The molecule has 0 aromatic heterocycles. The Morgan fingerprint density at radius 3 is 2.24 bits per heavy atom. The Bertz CT molecular complexity index is 389. The summed E-state index contributed by atoms with van der Waals surface area (Å²) in [4.78, 5) is 2.52. The van der Waals surface area contributed by atoms with Gasteiger partial charge in [0, 0.05) is 32.3 Å². The third kappa shape index (κ3) is 5.77. The monoisotopic (exact) mass is 292 g/mol. The van der Waals surface area contributed by atoms with E-state index in [0.29, 0.717) is 18.0 Å². The predicted molar refractivity (Wildman–Crippen MR) is 90.7 cm³/mol. The summed E-state index contributed by atoms with van der Waals surface area (Å²) in [5.74, 6) is 0.653. The molecule has 0 aliphatic rings. The average Bonchev–Trinajstić information content (AvgIpc) is 2.45. The number of benzene rings is 1. The summed E-state index contributed by atoms with van der Waals surface area (Å²) in [6, 6.07) is 9.60. The fraction of sp³-hybridized carbons (Fsp3) is 0.667. The smallest absolute Gasteiger partial charge is 0.0589 e. The zero-order chi connectivity index (χ0) is 15.8. The largest absolute Gasteiger partial charge is 0.383 e. The van der Waals surface area contributed by atoms with Gasteiger partial charge in [-0.1, -0.05) is 43.7 Å². The molecule has 0 heterocycles. The van der Waals surface area contributed by atoms with Crippen LogP contribution in [0, 0.1) is 12.8 Å². The highest BCUT2D eigenvalue weighted by Crippen LogP contribution is 2.22. The van der Waals surface area contributed by atoms with Crippen LogP contribution in [-0.2, 0) is 4.74 Å². The molecule has 3 nitrogen and oxygen atoms in total. The summed E-state index contributed by atoms with van der Waals surface area (Å²) in [6.45, 7) is 11.8. The summed E-state index contributed by atoms with van der Waals surface area (Å²) >= 11 is 0. The van der Waals surface area contributed by atoms with E-state index in [1.807, 2.05) is 7.05 Å². The SMILES string of the molecule is CNC(c1ccc(C)cc1)C(C)N(CCOC)CC(C)C. The van der Waals surface area contributed by atoms with E-state index >= 15 is 0 Å². The minimum atomic E-state index is 0.334. The van der Waals surface area contributed by atoms with Crippen molar-refractivity contribution in [1.29, 1.82) is 0 Å².